The minimum Gasteiger partial charge on any atom is -0.352 e. The van der Waals surface area contributed by atoms with Crippen molar-refractivity contribution in [2.45, 2.75) is 26.9 Å². The first-order valence-corrected chi connectivity index (χ1v) is 7.89. The van der Waals surface area contributed by atoms with Crippen LogP contribution in [0.3, 0.4) is 0 Å². The third-order valence-corrected chi connectivity index (χ3v) is 3.89. The number of carbonyl (C=O) groups is 1. The number of fused-ring (bicyclic) bond motifs is 1. The largest absolute Gasteiger partial charge is 0.352 e. The van der Waals surface area contributed by atoms with Crippen LogP contribution in [0.1, 0.15) is 25.0 Å². The molecule has 1 amide bonds. The Kier molecular flexibility index (Phi) is 4.42. The van der Waals surface area contributed by atoms with Crippen LogP contribution in [-0.2, 0) is 17.9 Å². The summed E-state index contributed by atoms with van der Waals surface area (Å²) in [5, 5.41) is 2.93. The van der Waals surface area contributed by atoms with Gasteiger partial charge in [-0.15, -0.1) is 0 Å². The predicted octanol–water partition coefficient (Wildman–Crippen LogP) is 3.36. The zero-order valence-electron chi connectivity index (χ0n) is 13.5. The highest BCUT2D eigenvalue weighted by Gasteiger charge is 2.06. The van der Waals surface area contributed by atoms with Crippen molar-refractivity contribution in [3.05, 3.63) is 66.0 Å². The van der Waals surface area contributed by atoms with Crippen molar-refractivity contribution in [1.29, 1.82) is 0 Å². The minimum absolute atomic E-state index is 0.0174. The second kappa shape index (κ2) is 6.65. The maximum absolute atomic E-state index is 11.6. The SMILES string of the molecule is CC(C)C(=O)NCc1ccc(Cn2cnc3ccccc32)cc1. The van der Waals surface area contributed by atoms with Gasteiger partial charge in [-0.1, -0.05) is 50.2 Å². The van der Waals surface area contributed by atoms with Gasteiger partial charge in [0.1, 0.15) is 0 Å². The molecule has 0 aliphatic heterocycles. The summed E-state index contributed by atoms with van der Waals surface area (Å²) < 4.78 is 2.14. The van der Waals surface area contributed by atoms with Crippen LogP contribution in [0.15, 0.2) is 54.9 Å². The molecule has 1 N–H and O–H groups in total. The molecule has 0 aliphatic carbocycles. The Balaban J connectivity index is 1.67. The molecule has 0 saturated heterocycles. The zero-order valence-corrected chi connectivity index (χ0v) is 13.5. The number of carbonyl (C=O) groups excluding carboxylic acids is 1. The quantitative estimate of drug-likeness (QED) is 0.785. The molecule has 3 aromatic rings. The topological polar surface area (TPSA) is 46.9 Å². The van der Waals surface area contributed by atoms with E-state index in [0.29, 0.717) is 6.54 Å². The molecule has 23 heavy (non-hydrogen) atoms. The number of amides is 1. The van der Waals surface area contributed by atoms with Crippen molar-refractivity contribution < 1.29 is 4.79 Å². The highest BCUT2D eigenvalue weighted by Crippen LogP contribution is 2.14. The zero-order chi connectivity index (χ0) is 16.2. The van der Waals surface area contributed by atoms with Gasteiger partial charge >= 0.3 is 0 Å². The van der Waals surface area contributed by atoms with E-state index in [0.717, 1.165) is 23.1 Å². The molecule has 0 fully saturated rings. The Labute approximate surface area is 136 Å². The molecule has 0 radical (unpaired) electrons. The number of benzene rings is 2. The van der Waals surface area contributed by atoms with Crippen LogP contribution in [-0.4, -0.2) is 15.5 Å². The van der Waals surface area contributed by atoms with E-state index in [1.54, 1.807) is 0 Å². The number of hydrogen-bond acceptors (Lipinski definition) is 2. The predicted molar refractivity (Wildman–Crippen MR) is 92.0 cm³/mol. The van der Waals surface area contributed by atoms with Crippen LogP contribution < -0.4 is 5.32 Å². The summed E-state index contributed by atoms with van der Waals surface area (Å²) >= 11 is 0. The number of aromatic nitrogens is 2. The molecule has 118 valence electrons. The Morgan fingerprint density at radius 2 is 1.78 bits per heavy atom. The molecule has 1 heterocycles. The van der Waals surface area contributed by atoms with Crippen molar-refractivity contribution in [3.63, 3.8) is 0 Å². The van der Waals surface area contributed by atoms with E-state index in [1.807, 2.05) is 38.4 Å². The lowest BCUT2D eigenvalue weighted by atomic mass is 10.1. The second-order valence-corrected chi connectivity index (χ2v) is 6.05. The van der Waals surface area contributed by atoms with Gasteiger partial charge in [0.05, 0.1) is 17.4 Å². The maximum Gasteiger partial charge on any atom is 0.222 e. The summed E-state index contributed by atoms with van der Waals surface area (Å²) in [6, 6.07) is 16.5. The average molecular weight is 307 g/mol. The maximum atomic E-state index is 11.6. The van der Waals surface area contributed by atoms with Crippen LogP contribution in [0.2, 0.25) is 0 Å². The monoisotopic (exact) mass is 307 g/mol. The summed E-state index contributed by atoms with van der Waals surface area (Å²) in [6.07, 6.45) is 1.88. The van der Waals surface area contributed by atoms with Crippen molar-refractivity contribution in [2.75, 3.05) is 0 Å². The van der Waals surface area contributed by atoms with Gasteiger partial charge < -0.3 is 9.88 Å². The Morgan fingerprint density at radius 3 is 2.52 bits per heavy atom. The van der Waals surface area contributed by atoms with Gasteiger partial charge in [0, 0.05) is 19.0 Å². The number of nitrogens with one attached hydrogen (secondary N) is 1. The number of nitrogens with zero attached hydrogens (tertiary/aromatic N) is 2. The standard InChI is InChI=1S/C19H21N3O/c1-14(2)19(23)20-11-15-7-9-16(10-8-15)12-22-13-21-17-5-3-4-6-18(17)22/h3-10,13-14H,11-12H2,1-2H3,(H,20,23). The number of imidazole rings is 1. The Morgan fingerprint density at radius 1 is 1.09 bits per heavy atom. The van der Waals surface area contributed by atoms with Crippen molar-refractivity contribution in [1.82, 2.24) is 14.9 Å². The van der Waals surface area contributed by atoms with Crippen molar-refractivity contribution >= 4 is 16.9 Å². The lowest BCUT2D eigenvalue weighted by Crippen LogP contribution is -2.27. The third kappa shape index (κ3) is 3.59. The van der Waals surface area contributed by atoms with Crippen LogP contribution in [0, 0.1) is 5.92 Å². The van der Waals surface area contributed by atoms with Gasteiger partial charge in [0.25, 0.3) is 0 Å². The molecule has 4 nitrogen and oxygen atoms in total. The molecule has 0 unspecified atom stereocenters. The lowest BCUT2D eigenvalue weighted by molar-refractivity contribution is -0.124. The fourth-order valence-corrected chi connectivity index (χ4v) is 2.49. The fraction of sp³-hybridized carbons (Fsp3) is 0.263. The Bertz CT molecular complexity index is 803. The third-order valence-electron chi connectivity index (χ3n) is 3.89. The lowest BCUT2D eigenvalue weighted by Gasteiger charge is -2.09. The molecule has 0 aliphatic rings. The highest BCUT2D eigenvalue weighted by molar-refractivity contribution is 5.77. The van der Waals surface area contributed by atoms with Crippen molar-refractivity contribution in [3.8, 4) is 0 Å². The normalized spacial score (nSPS) is 11.1. The first kappa shape index (κ1) is 15.3. The highest BCUT2D eigenvalue weighted by atomic mass is 16.1. The molecule has 0 saturated carbocycles. The second-order valence-electron chi connectivity index (χ2n) is 6.05. The van der Waals surface area contributed by atoms with Gasteiger partial charge in [-0.3, -0.25) is 4.79 Å². The molecule has 3 rings (SSSR count). The molecular weight excluding hydrogens is 286 g/mol. The van der Waals surface area contributed by atoms with E-state index < -0.39 is 0 Å². The van der Waals surface area contributed by atoms with E-state index in [2.05, 4.69) is 45.2 Å². The van der Waals surface area contributed by atoms with Crippen LogP contribution in [0.25, 0.3) is 11.0 Å². The van der Waals surface area contributed by atoms with E-state index >= 15 is 0 Å². The van der Waals surface area contributed by atoms with Crippen LogP contribution in [0.4, 0.5) is 0 Å². The molecule has 4 heteroatoms. The molecular formula is C19H21N3O. The summed E-state index contributed by atoms with van der Waals surface area (Å²) in [6.45, 7) is 5.16. The molecule has 1 aromatic heterocycles. The van der Waals surface area contributed by atoms with Gasteiger partial charge in [-0.25, -0.2) is 4.98 Å². The summed E-state index contributed by atoms with van der Waals surface area (Å²) in [4.78, 5) is 16.0. The van der Waals surface area contributed by atoms with Gasteiger partial charge in [0.2, 0.25) is 5.91 Å². The van der Waals surface area contributed by atoms with Crippen molar-refractivity contribution in [2.24, 2.45) is 5.92 Å². The number of rotatable bonds is 5. The first-order valence-electron chi connectivity index (χ1n) is 7.89. The van der Waals surface area contributed by atoms with E-state index in [1.165, 1.54) is 5.56 Å². The van der Waals surface area contributed by atoms with E-state index in [-0.39, 0.29) is 11.8 Å². The van der Waals surface area contributed by atoms with E-state index in [9.17, 15) is 4.79 Å². The molecule has 0 atom stereocenters. The Hall–Kier alpha value is -2.62. The van der Waals surface area contributed by atoms with Gasteiger partial charge in [-0.05, 0) is 23.3 Å². The van der Waals surface area contributed by atoms with E-state index in [4.69, 9.17) is 0 Å². The van der Waals surface area contributed by atoms with Crippen LogP contribution >= 0.6 is 0 Å². The first-order chi connectivity index (χ1) is 11.1. The summed E-state index contributed by atoms with van der Waals surface area (Å²) in [5.41, 5.74) is 4.48. The average Bonchev–Trinajstić information content (AvgIpc) is 2.97. The fourth-order valence-electron chi connectivity index (χ4n) is 2.49. The minimum atomic E-state index is 0.0174. The van der Waals surface area contributed by atoms with Crippen LogP contribution in [0.5, 0.6) is 0 Å². The number of hydrogen-bond donors (Lipinski definition) is 1. The number of para-hydroxylation sites is 2. The summed E-state index contributed by atoms with van der Waals surface area (Å²) in [5.74, 6) is 0.0998. The molecule has 0 spiro atoms. The van der Waals surface area contributed by atoms with Gasteiger partial charge in [-0.2, -0.15) is 0 Å². The van der Waals surface area contributed by atoms with Gasteiger partial charge in [0.15, 0.2) is 0 Å². The molecule has 2 aromatic carbocycles. The smallest absolute Gasteiger partial charge is 0.222 e. The summed E-state index contributed by atoms with van der Waals surface area (Å²) in [7, 11) is 0. The molecule has 0 bridgehead atoms.